The van der Waals surface area contributed by atoms with Crippen LogP contribution in [0.1, 0.15) is 52.8 Å². The topological polar surface area (TPSA) is 51.0 Å². The Balaban J connectivity index is 1.05. The molecule has 0 saturated heterocycles. The van der Waals surface area contributed by atoms with Crippen molar-refractivity contribution < 1.29 is 0 Å². The Hall–Kier alpha value is -6.95. The van der Waals surface area contributed by atoms with Crippen molar-refractivity contribution in [2.75, 3.05) is 0 Å². The molecule has 1 aromatic heterocycles. The summed E-state index contributed by atoms with van der Waals surface area (Å²) in [6, 6.07) is 52.6. The van der Waals surface area contributed by atoms with Crippen LogP contribution in [0.5, 0.6) is 0 Å². The SMILES string of the molecule is C=C/C=N\c1ccccc1C1C=C2Sc3cc(-c4cccc(-c5nc(-c6ccccc6)nc(C6C=CC=CC6)n5)c4)ccc3C3(C2=CC1)c1ccccc1-c1ccccc13. The molecule has 0 saturated carbocycles. The summed E-state index contributed by atoms with van der Waals surface area (Å²) in [6.07, 6.45) is 18.8. The Morgan fingerprint density at radius 3 is 2.10 bits per heavy atom. The maximum Gasteiger partial charge on any atom is 0.163 e. The Labute approximate surface area is 355 Å². The standard InChI is InChI=1S/C55H40N4S/c1-2-32-56-49-27-14-11-22-42(49)40-29-31-48-51(35-40)60-50-34-39(28-30-47(50)55(48)45-25-12-9-23-43(45)44-24-10-13-26-46(44)55)38-20-15-21-41(33-38)54-58-52(36-16-5-3-6-17-36)57-53(59-54)37-18-7-4-8-19-37/h2-18,20-28,30-35,37,40H,1,19,29H2/b56-32-. The van der Waals surface area contributed by atoms with Crippen molar-refractivity contribution in [3.8, 4) is 45.0 Å². The fourth-order valence-electron chi connectivity index (χ4n) is 9.57. The second kappa shape index (κ2) is 15.0. The molecule has 286 valence electrons. The maximum absolute atomic E-state index is 5.11. The number of fused-ring (bicyclic) bond motifs is 9. The molecule has 2 atom stereocenters. The number of aromatic nitrogens is 3. The molecule has 0 bridgehead atoms. The number of para-hydroxylation sites is 1. The molecule has 0 fully saturated rings. The molecule has 2 heterocycles. The molecule has 2 unspecified atom stereocenters. The number of thioether (sulfide) groups is 1. The van der Waals surface area contributed by atoms with Gasteiger partial charge in [0.15, 0.2) is 11.6 Å². The monoisotopic (exact) mass is 788 g/mol. The van der Waals surface area contributed by atoms with Crippen molar-refractivity contribution in [3.63, 3.8) is 0 Å². The normalized spacial score (nSPS) is 18.0. The van der Waals surface area contributed by atoms with Gasteiger partial charge < -0.3 is 0 Å². The molecule has 0 amide bonds. The molecule has 0 radical (unpaired) electrons. The van der Waals surface area contributed by atoms with Crippen LogP contribution in [0.2, 0.25) is 0 Å². The molecule has 5 heteroatoms. The second-order valence-electron chi connectivity index (χ2n) is 15.7. The molecule has 1 aliphatic heterocycles. The highest BCUT2D eigenvalue weighted by Crippen LogP contribution is 2.65. The first kappa shape index (κ1) is 36.2. The molecular formula is C55H40N4S. The molecule has 1 spiro atoms. The van der Waals surface area contributed by atoms with Crippen LogP contribution in [-0.4, -0.2) is 21.2 Å². The van der Waals surface area contributed by atoms with Gasteiger partial charge in [-0.3, -0.25) is 4.99 Å². The van der Waals surface area contributed by atoms with Gasteiger partial charge in [-0.05, 0) is 81.1 Å². The number of hydrogen-bond acceptors (Lipinski definition) is 5. The zero-order valence-corrected chi connectivity index (χ0v) is 33.8. The molecule has 6 aromatic carbocycles. The Kier molecular flexibility index (Phi) is 9.05. The van der Waals surface area contributed by atoms with Crippen LogP contribution in [0.15, 0.2) is 215 Å². The summed E-state index contributed by atoms with van der Waals surface area (Å²) in [5.74, 6) is 2.44. The highest BCUT2D eigenvalue weighted by atomic mass is 32.2. The third-order valence-corrected chi connectivity index (χ3v) is 13.4. The van der Waals surface area contributed by atoms with Crippen molar-refractivity contribution in [1.29, 1.82) is 0 Å². The average Bonchev–Trinajstić information content (AvgIpc) is 3.61. The van der Waals surface area contributed by atoms with E-state index < -0.39 is 5.41 Å². The van der Waals surface area contributed by atoms with E-state index in [9.17, 15) is 0 Å². The summed E-state index contributed by atoms with van der Waals surface area (Å²) >= 11 is 1.89. The molecule has 60 heavy (non-hydrogen) atoms. The number of aliphatic imine (C=N–C) groups is 1. The number of allylic oxidation sites excluding steroid dienone is 8. The lowest BCUT2D eigenvalue weighted by molar-refractivity contribution is 0.710. The highest BCUT2D eigenvalue weighted by molar-refractivity contribution is 8.03. The molecular weight excluding hydrogens is 749 g/mol. The largest absolute Gasteiger partial charge is 0.257 e. The van der Waals surface area contributed by atoms with Gasteiger partial charge in [0.1, 0.15) is 5.82 Å². The van der Waals surface area contributed by atoms with Gasteiger partial charge in [0.2, 0.25) is 0 Å². The van der Waals surface area contributed by atoms with Crippen LogP contribution in [-0.2, 0) is 5.41 Å². The minimum Gasteiger partial charge on any atom is -0.257 e. The second-order valence-corrected chi connectivity index (χ2v) is 16.7. The number of benzene rings is 6. The number of nitrogens with zero attached hydrogens (tertiary/aromatic N) is 4. The van der Waals surface area contributed by atoms with E-state index in [0.717, 1.165) is 46.6 Å². The summed E-state index contributed by atoms with van der Waals surface area (Å²) in [6.45, 7) is 3.87. The van der Waals surface area contributed by atoms with Gasteiger partial charge in [-0.15, -0.1) is 0 Å². The van der Waals surface area contributed by atoms with E-state index in [-0.39, 0.29) is 11.8 Å². The third kappa shape index (κ3) is 6.00. The minimum absolute atomic E-state index is 0.0965. The summed E-state index contributed by atoms with van der Waals surface area (Å²) in [7, 11) is 0. The van der Waals surface area contributed by atoms with Gasteiger partial charge in [-0.25, -0.2) is 15.0 Å². The summed E-state index contributed by atoms with van der Waals surface area (Å²) in [5, 5.41) is 0. The van der Waals surface area contributed by atoms with Gasteiger partial charge in [-0.1, -0.05) is 188 Å². The zero-order chi connectivity index (χ0) is 40.0. The lowest BCUT2D eigenvalue weighted by Crippen LogP contribution is -2.34. The van der Waals surface area contributed by atoms with Crippen LogP contribution < -0.4 is 0 Å². The molecule has 3 aliphatic carbocycles. The predicted octanol–water partition coefficient (Wildman–Crippen LogP) is 13.8. The quantitative estimate of drug-likeness (QED) is 0.151. The van der Waals surface area contributed by atoms with E-state index in [0.29, 0.717) is 11.6 Å². The zero-order valence-electron chi connectivity index (χ0n) is 32.9. The van der Waals surface area contributed by atoms with Gasteiger partial charge in [0.05, 0.1) is 11.1 Å². The van der Waals surface area contributed by atoms with Crippen molar-refractivity contribution in [2.45, 2.75) is 35.0 Å². The van der Waals surface area contributed by atoms with Crippen molar-refractivity contribution in [3.05, 3.63) is 233 Å². The van der Waals surface area contributed by atoms with Crippen molar-refractivity contribution >= 4 is 23.7 Å². The first-order chi connectivity index (χ1) is 29.7. The van der Waals surface area contributed by atoms with Crippen LogP contribution in [0, 0.1) is 0 Å². The van der Waals surface area contributed by atoms with Crippen LogP contribution in [0.4, 0.5) is 5.69 Å². The Morgan fingerprint density at radius 2 is 1.32 bits per heavy atom. The fourth-order valence-corrected chi connectivity index (χ4v) is 10.9. The summed E-state index contributed by atoms with van der Waals surface area (Å²) in [4.78, 5) is 22.5. The van der Waals surface area contributed by atoms with Crippen LogP contribution in [0.3, 0.4) is 0 Å². The van der Waals surface area contributed by atoms with E-state index in [1.54, 1.807) is 12.3 Å². The van der Waals surface area contributed by atoms with Gasteiger partial charge in [0.25, 0.3) is 0 Å². The lowest BCUT2D eigenvalue weighted by Gasteiger charge is -2.43. The smallest absolute Gasteiger partial charge is 0.163 e. The van der Waals surface area contributed by atoms with Crippen LogP contribution >= 0.6 is 11.8 Å². The lowest BCUT2D eigenvalue weighted by atomic mass is 9.65. The van der Waals surface area contributed by atoms with E-state index in [2.05, 4.69) is 170 Å². The van der Waals surface area contributed by atoms with Crippen LogP contribution in [0.25, 0.3) is 45.0 Å². The maximum atomic E-state index is 5.11. The highest BCUT2D eigenvalue weighted by Gasteiger charge is 2.52. The van der Waals surface area contributed by atoms with Gasteiger partial charge in [-0.2, -0.15) is 0 Å². The Bertz CT molecular complexity index is 2960. The summed E-state index contributed by atoms with van der Waals surface area (Å²) in [5.41, 5.74) is 14.0. The first-order valence-electron chi connectivity index (χ1n) is 20.6. The molecule has 7 aromatic rings. The first-order valence-corrected chi connectivity index (χ1v) is 21.4. The van der Waals surface area contributed by atoms with Crippen molar-refractivity contribution in [2.24, 2.45) is 4.99 Å². The molecule has 4 nitrogen and oxygen atoms in total. The van der Waals surface area contributed by atoms with E-state index >= 15 is 0 Å². The summed E-state index contributed by atoms with van der Waals surface area (Å²) < 4.78 is 0. The van der Waals surface area contributed by atoms with E-state index in [4.69, 9.17) is 19.9 Å². The van der Waals surface area contributed by atoms with Crippen molar-refractivity contribution in [1.82, 2.24) is 15.0 Å². The predicted molar refractivity (Wildman–Crippen MR) is 248 cm³/mol. The number of rotatable bonds is 7. The molecule has 11 rings (SSSR count). The third-order valence-electron chi connectivity index (χ3n) is 12.3. The van der Waals surface area contributed by atoms with Gasteiger partial charge in [0, 0.05) is 39.0 Å². The van der Waals surface area contributed by atoms with E-state index in [1.165, 1.54) is 48.8 Å². The van der Waals surface area contributed by atoms with Gasteiger partial charge >= 0.3 is 0 Å². The Morgan fingerprint density at radius 1 is 0.617 bits per heavy atom. The minimum atomic E-state index is -0.441. The average molecular weight is 789 g/mol. The molecule has 4 aliphatic rings. The number of hydrogen-bond donors (Lipinski definition) is 0. The fraction of sp³-hybridized carbons (Fsp3) is 0.0909. The molecule has 0 N–H and O–H groups in total. The van der Waals surface area contributed by atoms with E-state index in [1.807, 2.05) is 30.0 Å².